The Labute approximate surface area is 108 Å². The fourth-order valence-electron chi connectivity index (χ4n) is 1.39. The lowest BCUT2D eigenvalue weighted by Gasteiger charge is -2.09. The zero-order valence-corrected chi connectivity index (χ0v) is 10.8. The molecule has 3 N–H and O–H groups in total. The van der Waals surface area contributed by atoms with Crippen LogP contribution in [0.25, 0.3) is 0 Å². The quantitative estimate of drug-likeness (QED) is 0.893. The van der Waals surface area contributed by atoms with Crippen LogP contribution in [0.3, 0.4) is 0 Å². The van der Waals surface area contributed by atoms with Crippen molar-refractivity contribution < 1.29 is 12.8 Å². The molecule has 0 saturated heterocycles. The number of hydrogen-bond donors (Lipinski definition) is 2. The number of halogens is 1. The lowest BCUT2D eigenvalue weighted by atomic mass is 10.2. The zero-order valence-electron chi connectivity index (χ0n) is 9.13. The summed E-state index contributed by atoms with van der Waals surface area (Å²) in [6.45, 7) is 0.00833. The Bertz CT molecular complexity index is 641. The molecular formula is C10H10FN3O2S2. The van der Waals surface area contributed by atoms with Gasteiger partial charge in [-0.3, -0.25) is 4.72 Å². The average Bonchev–Trinajstić information content (AvgIpc) is 2.81. The van der Waals surface area contributed by atoms with Crippen LogP contribution in [0.2, 0.25) is 0 Å². The van der Waals surface area contributed by atoms with Gasteiger partial charge in [-0.1, -0.05) is 6.07 Å². The van der Waals surface area contributed by atoms with E-state index < -0.39 is 15.8 Å². The minimum atomic E-state index is -3.87. The van der Waals surface area contributed by atoms with E-state index in [1.54, 1.807) is 5.38 Å². The van der Waals surface area contributed by atoms with Gasteiger partial charge in [0.1, 0.15) is 5.82 Å². The number of anilines is 1. The molecule has 0 fully saturated rings. The molecule has 0 radical (unpaired) electrons. The fraction of sp³-hybridized carbons (Fsp3) is 0.100. The molecule has 2 rings (SSSR count). The highest BCUT2D eigenvalue weighted by Gasteiger charge is 2.19. The molecule has 0 unspecified atom stereocenters. The van der Waals surface area contributed by atoms with E-state index in [4.69, 9.17) is 5.73 Å². The summed E-state index contributed by atoms with van der Waals surface area (Å²) >= 11 is 1.14. The molecule has 8 heteroatoms. The third-order valence-electron chi connectivity index (χ3n) is 2.19. The molecule has 0 bridgehead atoms. The Hall–Kier alpha value is -1.51. The minimum absolute atomic E-state index is 0.00833. The van der Waals surface area contributed by atoms with Crippen molar-refractivity contribution in [1.82, 2.24) is 4.98 Å². The molecule has 0 saturated carbocycles. The van der Waals surface area contributed by atoms with Crippen LogP contribution in [0.4, 0.5) is 9.52 Å². The lowest BCUT2D eigenvalue weighted by Crippen LogP contribution is -2.16. The highest BCUT2D eigenvalue weighted by molar-refractivity contribution is 7.93. The van der Waals surface area contributed by atoms with Crippen molar-refractivity contribution in [2.75, 3.05) is 4.72 Å². The molecule has 0 amide bonds. The van der Waals surface area contributed by atoms with Crippen LogP contribution < -0.4 is 10.5 Å². The molecule has 0 aliphatic rings. The van der Waals surface area contributed by atoms with Crippen molar-refractivity contribution in [1.29, 1.82) is 0 Å². The molecule has 1 aromatic carbocycles. The van der Waals surface area contributed by atoms with Crippen molar-refractivity contribution in [3.8, 4) is 0 Å². The van der Waals surface area contributed by atoms with Crippen LogP contribution >= 0.6 is 11.3 Å². The summed E-state index contributed by atoms with van der Waals surface area (Å²) in [5.41, 5.74) is 5.79. The smallest absolute Gasteiger partial charge is 0.264 e. The number of sulfonamides is 1. The van der Waals surface area contributed by atoms with Crippen molar-refractivity contribution in [2.45, 2.75) is 11.4 Å². The third-order valence-corrected chi connectivity index (χ3v) is 4.43. The molecule has 1 aromatic heterocycles. The van der Waals surface area contributed by atoms with Crippen LogP contribution in [-0.4, -0.2) is 13.4 Å². The molecule has 1 heterocycles. The van der Waals surface area contributed by atoms with Gasteiger partial charge in [-0.2, -0.15) is 0 Å². The van der Waals surface area contributed by atoms with Crippen LogP contribution in [0.5, 0.6) is 0 Å². The van der Waals surface area contributed by atoms with Gasteiger partial charge < -0.3 is 5.73 Å². The van der Waals surface area contributed by atoms with Gasteiger partial charge in [-0.15, -0.1) is 11.3 Å². The van der Waals surface area contributed by atoms with Crippen LogP contribution in [0.1, 0.15) is 5.56 Å². The fourth-order valence-corrected chi connectivity index (χ4v) is 3.44. The van der Waals surface area contributed by atoms with Crippen LogP contribution in [-0.2, 0) is 16.6 Å². The Morgan fingerprint density at radius 3 is 2.83 bits per heavy atom. The number of hydrogen-bond acceptors (Lipinski definition) is 5. The molecule has 0 atom stereocenters. The van der Waals surface area contributed by atoms with Gasteiger partial charge in [-0.25, -0.2) is 17.8 Å². The molecule has 96 valence electrons. The van der Waals surface area contributed by atoms with Crippen molar-refractivity contribution >= 4 is 26.5 Å². The Balaban J connectivity index is 2.43. The van der Waals surface area contributed by atoms with Gasteiger partial charge in [-0.05, 0) is 17.7 Å². The Kier molecular flexibility index (Phi) is 3.60. The predicted octanol–water partition coefficient (Wildman–Crippen LogP) is 1.54. The molecule has 0 aliphatic carbocycles. The van der Waals surface area contributed by atoms with Gasteiger partial charge in [0.05, 0.1) is 4.90 Å². The summed E-state index contributed by atoms with van der Waals surface area (Å²) in [4.78, 5) is 3.64. The van der Waals surface area contributed by atoms with E-state index >= 15 is 0 Å². The number of nitrogens with one attached hydrogen (secondary N) is 1. The van der Waals surface area contributed by atoms with E-state index in [-0.39, 0.29) is 16.6 Å². The first-order valence-corrected chi connectivity index (χ1v) is 7.30. The monoisotopic (exact) mass is 287 g/mol. The topological polar surface area (TPSA) is 85.1 Å². The summed E-state index contributed by atoms with van der Waals surface area (Å²) in [6.07, 6.45) is 1.47. The van der Waals surface area contributed by atoms with Gasteiger partial charge in [0.15, 0.2) is 5.13 Å². The van der Waals surface area contributed by atoms with E-state index in [0.29, 0.717) is 5.56 Å². The summed E-state index contributed by atoms with van der Waals surface area (Å²) in [7, 11) is -3.87. The highest BCUT2D eigenvalue weighted by Crippen LogP contribution is 2.21. The van der Waals surface area contributed by atoms with Crippen LogP contribution in [0, 0.1) is 5.82 Å². The molecule has 18 heavy (non-hydrogen) atoms. The maximum absolute atomic E-state index is 13.1. The second kappa shape index (κ2) is 5.01. The lowest BCUT2D eigenvalue weighted by molar-refractivity contribution is 0.593. The summed E-state index contributed by atoms with van der Waals surface area (Å²) in [6, 6.07) is 3.47. The third kappa shape index (κ3) is 2.66. The van der Waals surface area contributed by atoms with Gasteiger partial charge in [0.25, 0.3) is 10.0 Å². The van der Waals surface area contributed by atoms with E-state index in [2.05, 4.69) is 9.71 Å². The largest absolute Gasteiger partial charge is 0.326 e. The van der Waals surface area contributed by atoms with Gasteiger partial charge >= 0.3 is 0 Å². The van der Waals surface area contributed by atoms with E-state index in [9.17, 15) is 12.8 Å². The molecule has 5 nitrogen and oxygen atoms in total. The SMILES string of the molecule is NCc1ccc(F)cc1S(=O)(=O)Nc1nccs1. The summed E-state index contributed by atoms with van der Waals surface area (Å²) in [5.74, 6) is -0.633. The van der Waals surface area contributed by atoms with E-state index in [1.807, 2.05) is 0 Å². The minimum Gasteiger partial charge on any atom is -0.326 e. The Morgan fingerprint density at radius 2 is 2.22 bits per heavy atom. The molecule has 0 aliphatic heterocycles. The number of nitrogens with two attached hydrogens (primary N) is 1. The van der Waals surface area contributed by atoms with Crippen molar-refractivity contribution in [3.63, 3.8) is 0 Å². The predicted molar refractivity (Wildman–Crippen MR) is 67.2 cm³/mol. The standard InChI is InChI=1S/C10H10FN3O2S2/c11-8-2-1-7(6-12)9(5-8)18(15,16)14-10-13-3-4-17-10/h1-5H,6,12H2,(H,13,14). The first-order chi connectivity index (χ1) is 8.53. The second-order valence-electron chi connectivity index (χ2n) is 3.40. The average molecular weight is 287 g/mol. The molecular weight excluding hydrogens is 277 g/mol. The van der Waals surface area contributed by atoms with Gasteiger partial charge in [0.2, 0.25) is 0 Å². The molecule has 2 aromatic rings. The first-order valence-electron chi connectivity index (χ1n) is 4.94. The summed E-state index contributed by atoms with van der Waals surface area (Å²) < 4.78 is 39.6. The van der Waals surface area contributed by atoms with Crippen LogP contribution in [0.15, 0.2) is 34.7 Å². The maximum Gasteiger partial charge on any atom is 0.264 e. The van der Waals surface area contributed by atoms with E-state index in [0.717, 1.165) is 17.4 Å². The Morgan fingerprint density at radius 1 is 1.44 bits per heavy atom. The highest BCUT2D eigenvalue weighted by atomic mass is 32.2. The number of thiazole rings is 1. The van der Waals surface area contributed by atoms with Gasteiger partial charge in [0, 0.05) is 18.1 Å². The second-order valence-corrected chi connectivity index (χ2v) is 5.94. The number of nitrogens with zero attached hydrogens (tertiary/aromatic N) is 1. The number of benzene rings is 1. The molecule has 0 spiro atoms. The normalized spacial score (nSPS) is 11.4. The maximum atomic E-state index is 13.1. The van der Waals surface area contributed by atoms with Crippen molar-refractivity contribution in [2.24, 2.45) is 5.73 Å². The summed E-state index contributed by atoms with van der Waals surface area (Å²) in [5, 5.41) is 1.86. The first kappa shape index (κ1) is 12.9. The van der Waals surface area contributed by atoms with E-state index in [1.165, 1.54) is 18.3 Å². The zero-order chi connectivity index (χ0) is 13.2. The number of rotatable bonds is 4. The van der Waals surface area contributed by atoms with Crippen molar-refractivity contribution in [3.05, 3.63) is 41.2 Å². The number of aromatic nitrogens is 1.